The van der Waals surface area contributed by atoms with Gasteiger partial charge in [-0.05, 0) is 57.4 Å². The van der Waals surface area contributed by atoms with Crippen LogP contribution in [0.5, 0.6) is 0 Å². The maximum absolute atomic E-state index is 11.5. The van der Waals surface area contributed by atoms with Gasteiger partial charge < -0.3 is 19.6 Å². The first-order chi connectivity index (χ1) is 16.5. The van der Waals surface area contributed by atoms with Gasteiger partial charge in [-0.15, -0.1) is 0 Å². The number of imidazole rings is 1. The Morgan fingerprint density at radius 2 is 1.85 bits per heavy atom. The third-order valence-electron chi connectivity index (χ3n) is 6.33. The molecule has 8 heteroatoms. The number of benzene rings is 2. The molecule has 0 saturated carbocycles. The van der Waals surface area contributed by atoms with E-state index in [1.807, 2.05) is 27.1 Å². The Morgan fingerprint density at radius 3 is 2.56 bits per heavy atom. The van der Waals surface area contributed by atoms with E-state index in [0.29, 0.717) is 5.52 Å². The zero-order valence-corrected chi connectivity index (χ0v) is 20.4. The lowest BCUT2D eigenvalue weighted by Crippen LogP contribution is -2.47. The van der Waals surface area contributed by atoms with Crippen LogP contribution < -0.4 is 4.90 Å². The Labute approximate surface area is 201 Å². The van der Waals surface area contributed by atoms with Crippen molar-refractivity contribution in [3.63, 3.8) is 0 Å². The van der Waals surface area contributed by atoms with Gasteiger partial charge in [-0.2, -0.15) is 0 Å². The van der Waals surface area contributed by atoms with E-state index in [2.05, 4.69) is 43.5 Å². The Bertz CT molecular complexity index is 1120. The number of carboxylic acids is 1. The second-order valence-electron chi connectivity index (χ2n) is 8.97. The van der Waals surface area contributed by atoms with Gasteiger partial charge in [-0.1, -0.05) is 6.07 Å². The second-order valence-corrected chi connectivity index (χ2v) is 8.97. The molecule has 0 radical (unpaired) electrons. The van der Waals surface area contributed by atoms with E-state index in [1.165, 1.54) is 5.69 Å². The zero-order chi connectivity index (χ0) is 24.1. The molecule has 1 saturated heterocycles. The summed E-state index contributed by atoms with van der Waals surface area (Å²) in [6.45, 7) is 9.45. The first kappa shape index (κ1) is 24.2. The second kappa shape index (κ2) is 11.0. The largest absolute Gasteiger partial charge is 0.478 e. The number of hydrogen-bond acceptors (Lipinski definition) is 6. The van der Waals surface area contributed by atoms with Crippen LogP contribution in [0.15, 0.2) is 42.5 Å². The molecule has 1 aliphatic rings. The fourth-order valence-corrected chi connectivity index (χ4v) is 4.44. The SMILES string of the molecule is CCOCCN1CCN(c2cccc(-n3c(CCN(C)C)nc4cc(C(=O)O)ccc43)c2)CC1. The molecule has 8 nitrogen and oxygen atoms in total. The number of aromatic nitrogens is 2. The van der Waals surface area contributed by atoms with Gasteiger partial charge in [0.15, 0.2) is 0 Å². The number of nitrogens with zero attached hydrogens (tertiary/aromatic N) is 5. The number of piperazine rings is 1. The van der Waals surface area contributed by atoms with Crippen molar-refractivity contribution >= 4 is 22.7 Å². The summed E-state index contributed by atoms with van der Waals surface area (Å²) >= 11 is 0. The van der Waals surface area contributed by atoms with E-state index in [-0.39, 0.29) is 5.56 Å². The van der Waals surface area contributed by atoms with Crippen LogP contribution in [0.25, 0.3) is 16.7 Å². The van der Waals surface area contributed by atoms with E-state index in [0.717, 1.165) is 75.9 Å². The number of aromatic carboxylic acids is 1. The average Bonchev–Trinajstić information content (AvgIpc) is 3.21. The molecular weight excluding hydrogens is 430 g/mol. The summed E-state index contributed by atoms with van der Waals surface area (Å²) in [5.41, 5.74) is 4.14. The molecule has 1 N–H and O–H groups in total. The molecule has 1 aromatic heterocycles. The van der Waals surface area contributed by atoms with Crippen LogP contribution in [-0.2, 0) is 11.2 Å². The summed E-state index contributed by atoms with van der Waals surface area (Å²) in [6.07, 6.45) is 0.771. The maximum atomic E-state index is 11.5. The van der Waals surface area contributed by atoms with E-state index in [1.54, 1.807) is 12.1 Å². The number of carboxylic acid groups (broad SMARTS) is 1. The van der Waals surface area contributed by atoms with Crippen molar-refractivity contribution < 1.29 is 14.6 Å². The number of anilines is 1. The smallest absolute Gasteiger partial charge is 0.335 e. The van der Waals surface area contributed by atoms with Crippen LogP contribution in [0.4, 0.5) is 5.69 Å². The van der Waals surface area contributed by atoms with Crippen molar-refractivity contribution in [3.05, 3.63) is 53.9 Å². The number of likely N-dealkylation sites (N-methyl/N-ethyl adjacent to an activating group) is 1. The Balaban J connectivity index is 1.61. The molecule has 0 bridgehead atoms. The minimum atomic E-state index is -0.936. The lowest BCUT2D eigenvalue weighted by atomic mass is 10.2. The fraction of sp³-hybridized carbons (Fsp3) is 0.462. The molecule has 1 fully saturated rings. The van der Waals surface area contributed by atoms with Crippen LogP contribution in [0.2, 0.25) is 0 Å². The maximum Gasteiger partial charge on any atom is 0.335 e. The Morgan fingerprint density at radius 1 is 1.09 bits per heavy atom. The molecule has 0 amide bonds. The van der Waals surface area contributed by atoms with Crippen molar-refractivity contribution in [1.82, 2.24) is 19.4 Å². The molecule has 0 atom stereocenters. The third kappa shape index (κ3) is 5.58. The summed E-state index contributed by atoms with van der Waals surface area (Å²) in [7, 11) is 4.09. The summed E-state index contributed by atoms with van der Waals surface area (Å²) in [5.74, 6) is -0.00202. The summed E-state index contributed by atoms with van der Waals surface area (Å²) in [4.78, 5) is 23.3. The van der Waals surface area contributed by atoms with Crippen molar-refractivity contribution in [3.8, 4) is 5.69 Å². The van der Waals surface area contributed by atoms with Gasteiger partial charge in [0.2, 0.25) is 0 Å². The van der Waals surface area contributed by atoms with E-state index in [9.17, 15) is 9.90 Å². The number of fused-ring (bicyclic) bond motifs is 1. The van der Waals surface area contributed by atoms with Crippen molar-refractivity contribution in [2.45, 2.75) is 13.3 Å². The van der Waals surface area contributed by atoms with E-state index < -0.39 is 5.97 Å². The predicted molar refractivity (Wildman–Crippen MR) is 135 cm³/mol. The molecule has 4 rings (SSSR count). The highest BCUT2D eigenvalue weighted by molar-refractivity contribution is 5.93. The predicted octanol–water partition coefficient (Wildman–Crippen LogP) is 2.99. The Hall–Kier alpha value is -2.94. The third-order valence-corrected chi connectivity index (χ3v) is 6.33. The monoisotopic (exact) mass is 465 g/mol. The highest BCUT2D eigenvalue weighted by atomic mass is 16.5. The number of carbonyl (C=O) groups is 1. The van der Waals surface area contributed by atoms with Crippen molar-refractivity contribution in [1.29, 1.82) is 0 Å². The van der Waals surface area contributed by atoms with Crippen LogP contribution in [0.3, 0.4) is 0 Å². The van der Waals surface area contributed by atoms with Crippen molar-refractivity contribution in [2.75, 3.05) is 71.5 Å². The number of rotatable bonds is 10. The van der Waals surface area contributed by atoms with Crippen LogP contribution in [0.1, 0.15) is 23.1 Å². The average molecular weight is 466 g/mol. The first-order valence-corrected chi connectivity index (χ1v) is 12.0. The molecule has 34 heavy (non-hydrogen) atoms. The molecule has 0 unspecified atom stereocenters. The highest BCUT2D eigenvalue weighted by Crippen LogP contribution is 2.27. The van der Waals surface area contributed by atoms with E-state index in [4.69, 9.17) is 9.72 Å². The zero-order valence-electron chi connectivity index (χ0n) is 20.4. The molecule has 182 valence electrons. The normalized spacial score (nSPS) is 14.9. The minimum absolute atomic E-state index is 0.257. The molecule has 2 aromatic carbocycles. The van der Waals surface area contributed by atoms with Gasteiger partial charge >= 0.3 is 5.97 Å². The molecular formula is C26H35N5O3. The summed E-state index contributed by atoms with van der Waals surface area (Å²) < 4.78 is 7.68. The molecule has 0 spiro atoms. The molecule has 1 aliphatic heterocycles. The number of hydrogen-bond donors (Lipinski definition) is 1. The molecule has 2 heterocycles. The quantitative estimate of drug-likeness (QED) is 0.462. The van der Waals surface area contributed by atoms with Crippen molar-refractivity contribution in [2.24, 2.45) is 0 Å². The lowest BCUT2D eigenvalue weighted by molar-refractivity contribution is 0.0697. The van der Waals surface area contributed by atoms with Crippen LogP contribution >= 0.6 is 0 Å². The summed E-state index contributed by atoms with van der Waals surface area (Å²) in [5, 5.41) is 9.42. The summed E-state index contributed by atoms with van der Waals surface area (Å²) in [6, 6.07) is 13.8. The molecule has 3 aromatic rings. The standard InChI is InChI=1S/C26H35N5O3/c1-4-34-17-16-29-12-14-30(15-13-29)21-6-5-7-22(19-21)31-24-9-8-20(26(32)33)18-23(24)27-25(31)10-11-28(2)3/h5-9,18-19H,4,10-17H2,1-3H3,(H,32,33). The van der Waals surface area contributed by atoms with E-state index >= 15 is 0 Å². The van der Waals surface area contributed by atoms with Gasteiger partial charge in [0.05, 0.1) is 23.2 Å². The fourth-order valence-electron chi connectivity index (χ4n) is 4.44. The van der Waals surface area contributed by atoms with Gasteiger partial charge in [0.25, 0.3) is 0 Å². The lowest BCUT2D eigenvalue weighted by Gasteiger charge is -2.36. The number of ether oxygens (including phenoxy) is 1. The highest BCUT2D eigenvalue weighted by Gasteiger charge is 2.19. The van der Waals surface area contributed by atoms with Crippen LogP contribution in [-0.4, -0.2) is 97.0 Å². The van der Waals surface area contributed by atoms with Gasteiger partial charge in [-0.3, -0.25) is 9.47 Å². The van der Waals surface area contributed by atoms with Gasteiger partial charge in [0, 0.05) is 63.7 Å². The van der Waals surface area contributed by atoms with Gasteiger partial charge in [-0.25, -0.2) is 9.78 Å². The topological polar surface area (TPSA) is 74.1 Å². The first-order valence-electron chi connectivity index (χ1n) is 12.0. The molecule has 0 aliphatic carbocycles. The van der Waals surface area contributed by atoms with Crippen LogP contribution in [0, 0.1) is 0 Å². The minimum Gasteiger partial charge on any atom is -0.478 e. The Kier molecular flexibility index (Phi) is 7.82. The van der Waals surface area contributed by atoms with Gasteiger partial charge in [0.1, 0.15) is 5.82 Å².